The van der Waals surface area contributed by atoms with Crippen LogP contribution in [-0.4, -0.2) is 13.2 Å². The number of ether oxygens (including phenoxy) is 1. The van der Waals surface area contributed by atoms with Crippen molar-refractivity contribution in [3.8, 4) is 0 Å². The van der Waals surface area contributed by atoms with Crippen molar-refractivity contribution in [1.29, 1.82) is 0 Å². The van der Waals surface area contributed by atoms with Gasteiger partial charge in [0.25, 0.3) is 0 Å². The van der Waals surface area contributed by atoms with Crippen LogP contribution in [0.25, 0.3) is 0 Å². The first kappa shape index (κ1) is 26.3. The molecule has 176 valence electrons. The quantitative estimate of drug-likeness (QED) is 0.202. The van der Waals surface area contributed by atoms with E-state index in [1.54, 1.807) is 0 Å². The summed E-state index contributed by atoms with van der Waals surface area (Å²) in [5.74, 6) is 0. The van der Waals surface area contributed by atoms with Crippen LogP contribution in [-0.2, 0) is 41.5 Å². The second kappa shape index (κ2) is 14.9. The molecule has 4 aromatic carbocycles. The van der Waals surface area contributed by atoms with Crippen LogP contribution in [0.5, 0.6) is 0 Å². The van der Waals surface area contributed by atoms with E-state index in [2.05, 4.69) is 121 Å². The first-order chi connectivity index (χ1) is 16.7. The summed E-state index contributed by atoms with van der Waals surface area (Å²) in [6, 6.07) is 44.7. The standard InChI is InChI=1S/4C7H7.C4H10O.Zr/c4*1-7-5-3-2-4-6-7;1-3-5-4-2;/h4*2-6H,1H2;3-4H2,1-2H3;. The van der Waals surface area contributed by atoms with Gasteiger partial charge in [-0.3, -0.25) is 0 Å². The van der Waals surface area contributed by atoms with Gasteiger partial charge in [0.15, 0.2) is 0 Å². The van der Waals surface area contributed by atoms with Gasteiger partial charge in [-0.15, -0.1) is 0 Å². The third-order valence-corrected chi connectivity index (χ3v) is 17.5. The monoisotopic (exact) mass is 528 g/mol. The topological polar surface area (TPSA) is 9.23 Å². The summed E-state index contributed by atoms with van der Waals surface area (Å²) in [6.07, 6.45) is 0. The van der Waals surface area contributed by atoms with Gasteiger partial charge in [0.05, 0.1) is 0 Å². The molecule has 0 amide bonds. The van der Waals surface area contributed by atoms with E-state index >= 15 is 0 Å². The van der Waals surface area contributed by atoms with Crippen molar-refractivity contribution in [2.24, 2.45) is 0 Å². The number of rotatable bonds is 10. The minimum absolute atomic E-state index is 0.844. The molecule has 34 heavy (non-hydrogen) atoms. The average Bonchev–Trinajstić information content (AvgIpc) is 2.87. The van der Waals surface area contributed by atoms with Crippen LogP contribution in [0.1, 0.15) is 36.1 Å². The molecule has 4 aromatic rings. The van der Waals surface area contributed by atoms with E-state index in [4.69, 9.17) is 4.74 Å². The fraction of sp³-hybridized carbons (Fsp3) is 0.250. The molecular weight excluding hydrogens is 492 g/mol. The van der Waals surface area contributed by atoms with Crippen LogP contribution in [0.4, 0.5) is 0 Å². The molecule has 0 radical (unpaired) electrons. The molecule has 0 saturated carbocycles. The maximum atomic E-state index is 4.83. The van der Waals surface area contributed by atoms with Gasteiger partial charge in [-0.2, -0.15) is 0 Å². The van der Waals surface area contributed by atoms with Gasteiger partial charge in [-0.1, -0.05) is 0 Å². The van der Waals surface area contributed by atoms with Gasteiger partial charge in [-0.25, -0.2) is 0 Å². The van der Waals surface area contributed by atoms with Gasteiger partial charge in [-0.05, 0) is 13.8 Å². The minimum atomic E-state index is -2.72. The van der Waals surface area contributed by atoms with Gasteiger partial charge >= 0.3 is 180 Å². The third kappa shape index (κ3) is 9.17. The van der Waals surface area contributed by atoms with Crippen LogP contribution in [0, 0.1) is 0 Å². The summed E-state index contributed by atoms with van der Waals surface area (Å²) in [5.41, 5.74) is 6.02. The Hall–Kier alpha value is -2.28. The molecule has 0 saturated heterocycles. The normalized spacial score (nSPS) is 10.9. The summed E-state index contributed by atoms with van der Waals surface area (Å²) in [4.78, 5) is 0. The van der Waals surface area contributed by atoms with E-state index in [9.17, 15) is 0 Å². The van der Waals surface area contributed by atoms with Crippen molar-refractivity contribution in [1.82, 2.24) is 0 Å². The van der Waals surface area contributed by atoms with E-state index in [0.29, 0.717) is 0 Å². The summed E-state index contributed by atoms with van der Waals surface area (Å²) in [6.45, 7) is 5.67. The third-order valence-electron chi connectivity index (χ3n) is 6.10. The van der Waals surface area contributed by atoms with Gasteiger partial charge in [0.1, 0.15) is 0 Å². The molecule has 0 spiro atoms. The van der Waals surface area contributed by atoms with E-state index in [0.717, 1.165) is 13.2 Å². The number of hydrogen-bond donors (Lipinski definition) is 0. The molecule has 0 aliphatic rings. The molecule has 0 N–H and O–H groups in total. The van der Waals surface area contributed by atoms with Gasteiger partial charge in [0, 0.05) is 13.2 Å². The molecule has 0 fully saturated rings. The predicted octanol–water partition coefficient (Wildman–Crippen LogP) is 7.98. The number of hydrogen-bond acceptors (Lipinski definition) is 1. The fourth-order valence-corrected chi connectivity index (χ4v) is 17.4. The number of benzene rings is 4. The second-order valence-electron chi connectivity index (χ2n) is 8.93. The van der Waals surface area contributed by atoms with E-state index in [-0.39, 0.29) is 0 Å². The average molecular weight is 530 g/mol. The molecule has 0 aliphatic carbocycles. The second-order valence-corrected chi connectivity index (χ2v) is 19.8. The molecule has 0 bridgehead atoms. The molecule has 0 aliphatic heterocycles. The Balaban J connectivity index is 0.000000588. The maximum absolute atomic E-state index is 4.83. The first-order valence-corrected chi connectivity index (χ1v) is 19.4. The summed E-state index contributed by atoms with van der Waals surface area (Å²) in [7, 11) is 0. The molecule has 1 nitrogen and oxygen atoms in total. The molecular formula is C32H38OZr. The van der Waals surface area contributed by atoms with Crippen LogP contribution in [0.3, 0.4) is 0 Å². The Kier molecular flexibility index (Phi) is 11.5. The zero-order valence-corrected chi connectivity index (χ0v) is 23.2. The van der Waals surface area contributed by atoms with Crippen molar-refractivity contribution in [3.63, 3.8) is 0 Å². The predicted molar refractivity (Wildman–Crippen MR) is 143 cm³/mol. The van der Waals surface area contributed by atoms with E-state index < -0.39 is 20.3 Å². The Morgan fingerprint density at radius 1 is 0.412 bits per heavy atom. The zero-order chi connectivity index (χ0) is 23.9. The SMILES string of the molecule is CCOCC.c1ccc([CH2][Zr]([CH2]c2ccccc2)([CH2]c2ccccc2)[CH2]c2ccccc2)cc1. The molecule has 0 heterocycles. The van der Waals surface area contributed by atoms with Crippen molar-refractivity contribution < 1.29 is 25.0 Å². The Labute approximate surface area is 211 Å². The summed E-state index contributed by atoms with van der Waals surface area (Å²) < 4.78 is 9.92. The van der Waals surface area contributed by atoms with Crippen molar-refractivity contribution >= 4 is 0 Å². The molecule has 0 atom stereocenters. The van der Waals surface area contributed by atoms with Crippen LogP contribution < -0.4 is 0 Å². The van der Waals surface area contributed by atoms with Crippen LogP contribution in [0.2, 0.25) is 0 Å². The van der Waals surface area contributed by atoms with Gasteiger partial charge in [0.2, 0.25) is 0 Å². The van der Waals surface area contributed by atoms with Crippen molar-refractivity contribution in [2.75, 3.05) is 13.2 Å². The van der Waals surface area contributed by atoms with E-state index in [1.807, 2.05) is 13.8 Å². The zero-order valence-electron chi connectivity index (χ0n) is 20.7. The first-order valence-electron chi connectivity index (χ1n) is 12.5. The fourth-order valence-electron chi connectivity index (χ4n) is 4.69. The van der Waals surface area contributed by atoms with Crippen LogP contribution >= 0.6 is 0 Å². The Bertz CT molecular complexity index is 860. The summed E-state index contributed by atoms with van der Waals surface area (Å²) >= 11 is -2.72. The molecule has 4 rings (SSSR count). The van der Waals surface area contributed by atoms with Crippen molar-refractivity contribution in [3.05, 3.63) is 144 Å². The molecule has 0 aromatic heterocycles. The molecule has 2 heteroatoms. The van der Waals surface area contributed by atoms with Gasteiger partial charge < -0.3 is 4.74 Å². The van der Waals surface area contributed by atoms with E-state index in [1.165, 1.54) is 38.8 Å². The van der Waals surface area contributed by atoms with Crippen LogP contribution in [0.15, 0.2) is 121 Å². The summed E-state index contributed by atoms with van der Waals surface area (Å²) in [5, 5.41) is 0. The Morgan fingerprint density at radius 2 is 0.647 bits per heavy atom. The van der Waals surface area contributed by atoms with Crippen molar-refractivity contribution in [2.45, 2.75) is 30.4 Å². The Morgan fingerprint density at radius 3 is 0.824 bits per heavy atom. The molecule has 0 unspecified atom stereocenters.